The molecule has 0 aromatic heterocycles. The van der Waals surface area contributed by atoms with Gasteiger partial charge in [0.2, 0.25) is 5.79 Å². The molecule has 14 heteroatoms. The highest BCUT2D eigenvalue weighted by Crippen LogP contribution is 2.45. The number of aliphatic hydroxyl groups is 2. The molecule has 1 aliphatic carbocycles. The van der Waals surface area contributed by atoms with Crippen molar-refractivity contribution < 1.29 is 24.6 Å². The number of carbonyl (C=O) groups is 3. The summed E-state index contributed by atoms with van der Waals surface area (Å²) in [5.74, 6) is -3.70. The average molecular weight is 616 g/mol. The van der Waals surface area contributed by atoms with Crippen LogP contribution in [0.25, 0.3) is 0 Å². The van der Waals surface area contributed by atoms with Gasteiger partial charge in [0.25, 0.3) is 11.8 Å². The second-order valence-electron chi connectivity index (χ2n) is 13.3. The van der Waals surface area contributed by atoms with Crippen molar-refractivity contribution in [2.24, 2.45) is 26.9 Å². The van der Waals surface area contributed by atoms with Crippen LogP contribution in [0.3, 0.4) is 0 Å². The number of amides is 4. The minimum Gasteiger partial charge on any atom is -0.370 e. The number of para-hydroxylation sites is 1. The van der Waals surface area contributed by atoms with Crippen LogP contribution in [-0.4, -0.2) is 99.0 Å². The van der Waals surface area contributed by atoms with Crippen LogP contribution >= 0.6 is 0 Å². The van der Waals surface area contributed by atoms with Gasteiger partial charge in [-0.2, -0.15) is 0 Å². The summed E-state index contributed by atoms with van der Waals surface area (Å²) in [6, 6.07) is 10.6. The van der Waals surface area contributed by atoms with Gasteiger partial charge in [0.15, 0.2) is 17.6 Å². The number of nitrogens with one attached hydrogen (secondary N) is 2. The average Bonchev–Trinajstić information content (AvgIpc) is 3.57. The van der Waals surface area contributed by atoms with Gasteiger partial charge in [-0.15, -0.1) is 0 Å². The van der Waals surface area contributed by atoms with E-state index in [4.69, 9.17) is 11.5 Å². The van der Waals surface area contributed by atoms with Crippen molar-refractivity contribution in [2.75, 3.05) is 24.5 Å². The first kappa shape index (κ1) is 29.0. The monoisotopic (exact) mass is 615 g/mol. The van der Waals surface area contributed by atoms with Crippen LogP contribution in [0, 0.1) is 5.41 Å². The maximum Gasteiger partial charge on any atom is 0.331 e. The number of urea groups is 1. The molecule has 0 radical (unpaired) electrons. The van der Waals surface area contributed by atoms with E-state index in [1.165, 1.54) is 9.80 Å². The van der Waals surface area contributed by atoms with E-state index < -0.39 is 47.4 Å². The second kappa shape index (κ2) is 9.91. The molecule has 2 fully saturated rings. The SMILES string of the molecule is CC1(C)CCc2c(cccc2C(=O)NC2CN3C(N)=N[C@@H](CN4C(=O)CN(c5ccccc5)C4=O)[C@@H]4N=C(N)N[C@@]43C2(O)O)C1. The molecule has 4 atom stereocenters. The van der Waals surface area contributed by atoms with Crippen LogP contribution in [0.4, 0.5) is 10.5 Å². The number of rotatable bonds is 5. The minimum atomic E-state index is -2.65. The summed E-state index contributed by atoms with van der Waals surface area (Å²) in [7, 11) is 0. The van der Waals surface area contributed by atoms with Crippen LogP contribution in [0.2, 0.25) is 0 Å². The fourth-order valence-corrected chi connectivity index (χ4v) is 7.56. The van der Waals surface area contributed by atoms with Crippen molar-refractivity contribution >= 4 is 35.5 Å². The topological polar surface area (TPSA) is 202 Å². The summed E-state index contributed by atoms with van der Waals surface area (Å²) in [5, 5.41) is 29.5. The molecular weight excluding hydrogens is 578 g/mol. The molecule has 1 unspecified atom stereocenters. The van der Waals surface area contributed by atoms with Gasteiger partial charge in [0.1, 0.15) is 18.6 Å². The van der Waals surface area contributed by atoms with Crippen LogP contribution in [-0.2, 0) is 17.6 Å². The highest BCUT2D eigenvalue weighted by atomic mass is 16.5. The van der Waals surface area contributed by atoms with Gasteiger partial charge in [-0.1, -0.05) is 44.2 Å². The van der Waals surface area contributed by atoms with Crippen molar-refractivity contribution in [3.05, 3.63) is 65.2 Å². The van der Waals surface area contributed by atoms with E-state index in [2.05, 4.69) is 34.5 Å². The molecule has 5 aliphatic rings. The highest BCUT2D eigenvalue weighted by molar-refractivity contribution is 6.12. The van der Waals surface area contributed by atoms with Crippen molar-refractivity contribution in [1.82, 2.24) is 20.4 Å². The molecule has 0 saturated carbocycles. The number of fused-ring (bicyclic) bond motifs is 1. The third kappa shape index (κ3) is 4.34. The molecule has 4 aliphatic heterocycles. The zero-order valence-electron chi connectivity index (χ0n) is 25.1. The zero-order valence-corrected chi connectivity index (χ0v) is 25.1. The summed E-state index contributed by atoms with van der Waals surface area (Å²) in [6.45, 7) is 3.92. The molecule has 1 spiro atoms. The summed E-state index contributed by atoms with van der Waals surface area (Å²) in [6.07, 6.45) is 2.51. The van der Waals surface area contributed by atoms with Crippen molar-refractivity contribution in [3.63, 3.8) is 0 Å². The van der Waals surface area contributed by atoms with Crippen molar-refractivity contribution in [1.29, 1.82) is 0 Å². The van der Waals surface area contributed by atoms with E-state index in [1.54, 1.807) is 30.3 Å². The van der Waals surface area contributed by atoms with Gasteiger partial charge in [0.05, 0.1) is 12.6 Å². The maximum absolute atomic E-state index is 13.7. The molecule has 236 valence electrons. The summed E-state index contributed by atoms with van der Waals surface area (Å²) >= 11 is 0. The molecule has 14 nitrogen and oxygen atoms in total. The quantitative estimate of drug-likeness (QED) is 0.188. The second-order valence-corrected chi connectivity index (χ2v) is 13.3. The number of guanidine groups is 2. The van der Waals surface area contributed by atoms with E-state index >= 15 is 0 Å². The number of hydrogen-bond acceptors (Lipinski definition) is 11. The Hall–Kier alpha value is -4.69. The molecule has 8 N–H and O–H groups in total. The van der Waals surface area contributed by atoms with E-state index in [0.29, 0.717) is 11.3 Å². The lowest BCUT2D eigenvalue weighted by atomic mass is 9.73. The molecule has 2 saturated heterocycles. The first-order chi connectivity index (χ1) is 21.3. The van der Waals surface area contributed by atoms with E-state index in [1.807, 2.05) is 18.2 Å². The van der Waals surface area contributed by atoms with E-state index in [0.717, 1.165) is 35.3 Å². The number of imide groups is 1. The number of nitrogens with zero attached hydrogens (tertiary/aromatic N) is 5. The Labute approximate surface area is 259 Å². The minimum absolute atomic E-state index is 0.0730. The van der Waals surface area contributed by atoms with Gasteiger partial charge in [-0.05, 0) is 54.0 Å². The van der Waals surface area contributed by atoms with Crippen LogP contribution in [0.1, 0.15) is 41.8 Å². The van der Waals surface area contributed by atoms with Crippen LogP contribution in [0.15, 0.2) is 58.5 Å². The van der Waals surface area contributed by atoms with E-state index in [-0.39, 0.29) is 37.0 Å². The lowest BCUT2D eigenvalue weighted by Crippen LogP contribution is -2.78. The number of nitrogens with two attached hydrogens (primary N) is 2. The Bertz CT molecular complexity index is 1660. The summed E-state index contributed by atoms with van der Waals surface area (Å²) in [4.78, 5) is 52.9. The Morgan fingerprint density at radius 1 is 1.09 bits per heavy atom. The summed E-state index contributed by atoms with van der Waals surface area (Å²) < 4.78 is 0. The molecule has 4 amide bonds. The van der Waals surface area contributed by atoms with E-state index in [9.17, 15) is 24.6 Å². The van der Waals surface area contributed by atoms with Gasteiger partial charge in [-0.25, -0.2) is 14.8 Å². The summed E-state index contributed by atoms with van der Waals surface area (Å²) in [5.41, 5.74) is 14.0. The fraction of sp³-hybridized carbons (Fsp3) is 0.452. The van der Waals surface area contributed by atoms with Crippen LogP contribution in [0.5, 0.6) is 0 Å². The molecule has 2 aromatic carbocycles. The molecule has 0 bridgehead atoms. The van der Waals surface area contributed by atoms with Gasteiger partial charge in [0, 0.05) is 17.8 Å². The number of hydrogen-bond donors (Lipinski definition) is 6. The maximum atomic E-state index is 13.7. The first-order valence-corrected chi connectivity index (χ1v) is 15.1. The molecule has 4 heterocycles. The lowest BCUT2D eigenvalue weighted by molar-refractivity contribution is -0.230. The normalized spacial score (nSPS) is 29.4. The van der Waals surface area contributed by atoms with Gasteiger partial charge >= 0.3 is 6.03 Å². The predicted octanol–water partition coefficient (Wildman–Crippen LogP) is -0.555. The predicted molar refractivity (Wildman–Crippen MR) is 165 cm³/mol. The first-order valence-electron chi connectivity index (χ1n) is 15.1. The Kier molecular flexibility index (Phi) is 6.39. The number of benzene rings is 2. The van der Waals surface area contributed by atoms with Gasteiger partial charge in [-0.3, -0.25) is 19.4 Å². The van der Waals surface area contributed by atoms with Crippen molar-refractivity contribution in [3.8, 4) is 0 Å². The third-order valence-corrected chi connectivity index (χ3v) is 9.84. The molecule has 7 rings (SSSR count). The Balaban J connectivity index is 1.16. The van der Waals surface area contributed by atoms with Crippen molar-refractivity contribution in [2.45, 2.75) is 62.7 Å². The molecular formula is C31H37N9O5. The number of aliphatic imine (C=N–C) groups is 2. The number of carbonyl (C=O) groups excluding carboxylic acids is 3. The largest absolute Gasteiger partial charge is 0.370 e. The lowest BCUT2D eigenvalue weighted by Gasteiger charge is -2.49. The Morgan fingerprint density at radius 3 is 2.60 bits per heavy atom. The van der Waals surface area contributed by atoms with Crippen LogP contribution < -0.4 is 27.0 Å². The molecule has 2 aromatic rings. The fourth-order valence-electron chi connectivity index (χ4n) is 7.56. The molecule has 45 heavy (non-hydrogen) atoms. The van der Waals surface area contributed by atoms with Gasteiger partial charge < -0.3 is 37.2 Å². The highest BCUT2D eigenvalue weighted by Gasteiger charge is 2.73. The standard InChI is InChI=1S/C31H37N9O5/c1-29(2)12-11-19-17(13-29)7-6-10-20(19)25(42)35-22-15-40-27(33)34-21(24-30(40,31(22,44)45)37-26(32)36-24)14-39-23(41)16-38(28(39)43)18-8-4-3-5-9-18/h3-10,21-22,24,44-45H,11-16H2,1-2H3,(H2,33,34)(H,35,42)(H3,32,36,37)/t21-,22?,24-,30-/m0/s1. The zero-order chi connectivity index (χ0) is 31.9. The number of anilines is 1. The smallest absolute Gasteiger partial charge is 0.331 e. The Morgan fingerprint density at radius 2 is 1.84 bits per heavy atom. The third-order valence-electron chi connectivity index (χ3n) is 9.84.